The topological polar surface area (TPSA) is 92.3 Å². The van der Waals surface area contributed by atoms with Crippen LogP contribution in [0.3, 0.4) is 0 Å². The smallest absolute Gasteiger partial charge is 0.342 e. The number of hydrogen-bond acceptors (Lipinski definition) is 7. The molecule has 2 aromatic carbocycles. The summed E-state index contributed by atoms with van der Waals surface area (Å²) in [4.78, 5) is 24.7. The Bertz CT molecular complexity index is 881. The van der Waals surface area contributed by atoms with Crippen molar-refractivity contribution < 1.29 is 33.3 Å². The van der Waals surface area contributed by atoms with Gasteiger partial charge in [0.15, 0.2) is 17.6 Å². The average Bonchev–Trinajstić information content (AvgIpc) is 3.19. The molecule has 148 valence electrons. The minimum Gasteiger partial charge on any atom is -0.497 e. The van der Waals surface area contributed by atoms with Gasteiger partial charge in [0.2, 0.25) is 6.79 Å². The zero-order valence-electron chi connectivity index (χ0n) is 15.8. The van der Waals surface area contributed by atoms with Crippen molar-refractivity contribution in [1.29, 1.82) is 0 Å². The first-order valence-electron chi connectivity index (χ1n) is 8.61. The van der Waals surface area contributed by atoms with Crippen LogP contribution < -0.4 is 24.3 Å². The number of amides is 1. The Morgan fingerprint density at radius 3 is 2.61 bits per heavy atom. The molecule has 0 aliphatic carbocycles. The molecule has 8 nitrogen and oxygen atoms in total. The maximum atomic E-state index is 12.4. The van der Waals surface area contributed by atoms with Crippen LogP contribution in [0.5, 0.6) is 23.0 Å². The molecule has 0 saturated carbocycles. The third kappa shape index (κ3) is 4.28. The number of esters is 1. The molecule has 1 atom stereocenters. The number of nitrogens with one attached hydrogen (secondary N) is 1. The van der Waals surface area contributed by atoms with Crippen LogP contribution in [0.15, 0.2) is 36.4 Å². The predicted molar refractivity (Wildman–Crippen MR) is 98.8 cm³/mol. The quantitative estimate of drug-likeness (QED) is 0.729. The fourth-order valence-corrected chi connectivity index (χ4v) is 2.63. The van der Waals surface area contributed by atoms with Crippen molar-refractivity contribution in [2.24, 2.45) is 0 Å². The minimum atomic E-state index is -0.989. The average molecular weight is 387 g/mol. The number of rotatable bonds is 7. The summed E-state index contributed by atoms with van der Waals surface area (Å²) in [6, 6.07) is 10.2. The van der Waals surface area contributed by atoms with Crippen molar-refractivity contribution in [3.63, 3.8) is 0 Å². The lowest BCUT2D eigenvalue weighted by Gasteiger charge is -2.15. The normalized spacial score (nSPS) is 12.8. The molecule has 1 aliphatic heterocycles. The first-order chi connectivity index (χ1) is 13.5. The van der Waals surface area contributed by atoms with Crippen molar-refractivity contribution in [1.82, 2.24) is 5.32 Å². The standard InChI is InChI=1S/C20H21NO7/c1-12(28-20(23)15-9-14(24-2)5-7-16(15)25-3)19(22)21-10-13-4-6-17-18(8-13)27-11-26-17/h4-9,12H,10-11H2,1-3H3,(H,21,22)/t12-/m1/s1. The summed E-state index contributed by atoms with van der Waals surface area (Å²) in [5, 5.41) is 2.73. The molecule has 3 rings (SSSR count). The van der Waals surface area contributed by atoms with Gasteiger partial charge in [-0.25, -0.2) is 4.79 Å². The molecule has 2 aromatic rings. The second kappa shape index (κ2) is 8.51. The van der Waals surface area contributed by atoms with Gasteiger partial charge < -0.3 is 29.0 Å². The van der Waals surface area contributed by atoms with Crippen LogP contribution in [0.2, 0.25) is 0 Å². The SMILES string of the molecule is COc1ccc(OC)c(C(=O)O[C@H](C)C(=O)NCc2ccc3c(c2)OCO3)c1. The largest absolute Gasteiger partial charge is 0.497 e. The number of methoxy groups -OCH3 is 2. The Morgan fingerprint density at radius 1 is 1.07 bits per heavy atom. The molecule has 8 heteroatoms. The van der Waals surface area contributed by atoms with Crippen molar-refractivity contribution >= 4 is 11.9 Å². The number of benzene rings is 2. The van der Waals surface area contributed by atoms with E-state index in [9.17, 15) is 9.59 Å². The maximum Gasteiger partial charge on any atom is 0.342 e. The summed E-state index contributed by atoms with van der Waals surface area (Å²) in [7, 11) is 2.93. The molecule has 0 fully saturated rings. The summed E-state index contributed by atoms with van der Waals surface area (Å²) in [5.41, 5.74) is 1.02. The van der Waals surface area contributed by atoms with Gasteiger partial charge >= 0.3 is 5.97 Å². The summed E-state index contributed by atoms with van der Waals surface area (Å²) in [6.07, 6.45) is -0.989. The van der Waals surface area contributed by atoms with Crippen molar-refractivity contribution in [3.05, 3.63) is 47.5 Å². The number of fused-ring (bicyclic) bond motifs is 1. The molecule has 0 unspecified atom stereocenters. The van der Waals surface area contributed by atoms with Crippen molar-refractivity contribution in [2.45, 2.75) is 19.6 Å². The first-order valence-corrected chi connectivity index (χ1v) is 8.61. The fourth-order valence-electron chi connectivity index (χ4n) is 2.63. The molecule has 28 heavy (non-hydrogen) atoms. The van der Waals surface area contributed by atoms with E-state index < -0.39 is 18.0 Å². The third-order valence-corrected chi connectivity index (χ3v) is 4.18. The molecule has 1 amide bonds. The van der Waals surface area contributed by atoms with Crippen LogP contribution in [0.25, 0.3) is 0 Å². The van der Waals surface area contributed by atoms with Gasteiger partial charge in [0.25, 0.3) is 5.91 Å². The Hall–Kier alpha value is -3.42. The summed E-state index contributed by atoms with van der Waals surface area (Å²) < 4.78 is 26.1. The lowest BCUT2D eigenvalue weighted by Crippen LogP contribution is -2.35. The van der Waals surface area contributed by atoms with Gasteiger partial charge in [-0.2, -0.15) is 0 Å². The van der Waals surface area contributed by atoms with Crippen molar-refractivity contribution in [2.75, 3.05) is 21.0 Å². The molecule has 0 saturated heterocycles. The molecular formula is C20H21NO7. The first kappa shape index (κ1) is 19.3. The van der Waals surface area contributed by atoms with E-state index in [1.54, 1.807) is 24.3 Å². The van der Waals surface area contributed by atoms with Gasteiger partial charge in [-0.1, -0.05) is 6.07 Å². The highest BCUT2D eigenvalue weighted by Crippen LogP contribution is 2.32. The zero-order valence-corrected chi connectivity index (χ0v) is 15.8. The molecule has 0 bridgehead atoms. The van der Waals surface area contributed by atoms with Crippen LogP contribution in [0, 0.1) is 0 Å². The Labute approximate surface area is 162 Å². The van der Waals surface area contributed by atoms with Gasteiger partial charge in [-0.15, -0.1) is 0 Å². The number of carbonyl (C=O) groups is 2. The Morgan fingerprint density at radius 2 is 1.86 bits per heavy atom. The van der Waals surface area contributed by atoms with Gasteiger partial charge in [-0.3, -0.25) is 4.79 Å². The lowest BCUT2D eigenvalue weighted by atomic mass is 10.2. The van der Waals surface area contributed by atoms with E-state index >= 15 is 0 Å². The molecule has 1 aliphatic rings. The second-order valence-corrected chi connectivity index (χ2v) is 6.02. The maximum absolute atomic E-state index is 12.4. The van der Waals surface area contributed by atoms with Crippen LogP contribution in [-0.4, -0.2) is 39.0 Å². The van der Waals surface area contributed by atoms with Crippen LogP contribution in [-0.2, 0) is 16.1 Å². The van der Waals surface area contributed by atoms with Gasteiger partial charge in [-0.05, 0) is 42.8 Å². The summed E-state index contributed by atoms with van der Waals surface area (Å²) >= 11 is 0. The van der Waals surface area contributed by atoms with E-state index in [2.05, 4.69) is 5.32 Å². The molecule has 1 heterocycles. The van der Waals surface area contributed by atoms with E-state index in [-0.39, 0.29) is 18.9 Å². The van der Waals surface area contributed by atoms with Gasteiger partial charge in [0.05, 0.1) is 14.2 Å². The molecule has 0 spiro atoms. The van der Waals surface area contributed by atoms with E-state index in [0.29, 0.717) is 23.0 Å². The number of ether oxygens (including phenoxy) is 5. The van der Waals surface area contributed by atoms with Gasteiger partial charge in [0, 0.05) is 6.54 Å². The summed E-state index contributed by atoms with van der Waals surface area (Å²) in [5.74, 6) is 1.02. The van der Waals surface area contributed by atoms with E-state index in [1.165, 1.54) is 27.2 Å². The van der Waals surface area contributed by atoms with Crippen LogP contribution in [0.1, 0.15) is 22.8 Å². The Balaban J connectivity index is 1.58. The second-order valence-electron chi connectivity index (χ2n) is 6.02. The van der Waals surface area contributed by atoms with E-state index in [0.717, 1.165) is 5.56 Å². The molecule has 0 radical (unpaired) electrons. The predicted octanol–water partition coefficient (Wildman–Crippen LogP) is 2.29. The van der Waals surface area contributed by atoms with E-state index in [4.69, 9.17) is 23.7 Å². The van der Waals surface area contributed by atoms with Crippen LogP contribution in [0.4, 0.5) is 0 Å². The highest BCUT2D eigenvalue weighted by molar-refractivity contribution is 5.95. The zero-order chi connectivity index (χ0) is 20.1. The number of hydrogen-bond donors (Lipinski definition) is 1. The third-order valence-electron chi connectivity index (χ3n) is 4.18. The van der Waals surface area contributed by atoms with Crippen molar-refractivity contribution in [3.8, 4) is 23.0 Å². The fraction of sp³-hybridized carbons (Fsp3) is 0.300. The molecule has 1 N–H and O–H groups in total. The summed E-state index contributed by atoms with van der Waals surface area (Å²) in [6.45, 7) is 1.95. The Kier molecular flexibility index (Phi) is 5.88. The highest BCUT2D eigenvalue weighted by Gasteiger charge is 2.22. The lowest BCUT2D eigenvalue weighted by molar-refractivity contribution is -0.129. The minimum absolute atomic E-state index is 0.178. The monoisotopic (exact) mass is 387 g/mol. The van der Waals surface area contributed by atoms with E-state index in [1.807, 2.05) is 6.07 Å². The molecule has 0 aromatic heterocycles. The highest BCUT2D eigenvalue weighted by atomic mass is 16.7. The number of carbonyl (C=O) groups excluding carboxylic acids is 2. The van der Waals surface area contributed by atoms with Gasteiger partial charge in [0.1, 0.15) is 17.1 Å². The van der Waals surface area contributed by atoms with Crippen LogP contribution >= 0.6 is 0 Å². The molecular weight excluding hydrogens is 366 g/mol.